The molecule has 0 saturated heterocycles. The van der Waals surface area contributed by atoms with Gasteiger partial charge in [0.25, 0.3) is 5.91 Å². The number of hydrogen-bond donors (Lipinski definition) is 2. The number of rotatable bonds is 5. The largest absolute Gasteiger partial charge is 0.382 e. The van der Waals surface area contributed by atoms with Gasteiger partial charge in [0.15, 0.2) is 5.13 Å². The van der Waals surface area contributed by atoms with Crippen molar-refractivity contribution in [1.82, 2.24) is 9.88 Å². The fourth-order valence-corrected chi connectivity index (χ4v) is 2.91. The van der Waals surface area contributed by atoms with Gasteiger partial charge in [-0.2, -0.15) is 0 Å². The average molecular weight is 298 g/mol. The SMILES string of the molecule is CCCC(C)N(C)C(=O)c1sc(NC(C)(C)C)nc1N. The van der Waals surface area contributed by atoms with E-state index >= 15 is 0 Å². The van der Waals surface area contributed by atoms with Crippen LogP contribution >= 0.6 is 11.3 Å². The molecule has 1 rings (SSSR count). The summed E-state index contributed by atoms with van der Waals surface area (Å²) in [7, 11) is 1.82. The number of nitrogen functional groups attached to an aromatic ring is 1. The summed E-state index contributed by atoms with van der Waals surface area (Å²) >= 11 is 1.32. The molecule has 5 nitrogen and oxygen atoms in total. The standard InChI is InChI=1S/C14H26N4OS/c1-7-8-9(2)18(6)12(19)10-11(15)16-13(20-10)17-14(3,4)5/h9H,7-8,15H2,1-6H3,(H,16,17). The molecule has 114 valence electrons. The number of amides is 1. The van der Waals surface area contributed by atoms with Crippen molar-refractivity contribution in [1.29, 1.82) is 0 Å². The van der Waals surface area contributed by atoms with Crippen LogP contribution < -0.4 is 11.1 Å². The molecule has 0 spiro atoms. The zero-order valence-electron chi connectivity index (χ0n) is 13.3. The summed E-state index contributed by atoms with van der Waals surface area (Å²) in [6, 6.07) is 0.202. The van der Waals surface area contributed by atoms with E-state index < -0.39 is 0 Å². The Balaban J connectivity index is 2.88. The van der Waals surface area contributed by atoms with E-state index in [1.54, 1.807) is 4.90 Å². The smallest absolute Gasteiger partial charge is 0.267 e. The third-order valence-electron chi connectivity index (χ3n) is 3.02. The maximum atomic E-state index is 12.4. The van der Waals surface area contributed by atoms with Gasteiger partial charge in [0.1, 0.15) is 10.7 Å². The fraction of sp³-hybridized carbons (Fsp3) is 0.714. The number of nitrogens with one attached hydrogen (secondary N) is 1. The van der Waals surface area contributed by atoms with E-state index in [2.05, 4.69) is 17.2 Å². The van der Waals surface area contributed by atoms with E-state index in [4.69, 9.17) is 5.73 Å². The van der Waals surface area contributed by atoms with Crippen LogP contribution in [0.15, 0.2) is 0 Å². The topological polar surface area (TPSA) is 71.2 Å². The van der Waals surface area contributed by atoms with E-state index in [1.165, 1.54) is 11.3 Å². The second-order valence-corrected chi connectivity index (χ2v) is 7.16. The van der Waals surface area contributed by atoms with Crippen molar-refractivity contribution in [2.24, 2.45) is 0 Å². The molecular weight excluding hydrogens is 272 g/mol. The third kappa shape index (κ3) is 4.37. The highest BCUT2D eigenvalue weighted by atomic mass is 32.1. The molecule has 1 heterocycles. The normalized spacial score (nSPS) is 13.1. The number of nitrogens with zero attached hydrogens (tertiary/aromatic N) is 2. The second kappa shape index (κ2) is 6.43. The maximum Gasteiger partial charge on any atom is 0.267 e. The summed E-state index contributed by atoms with van der Waals surface area (Å²) in [5.74, 6) is 0.255. The molecular formula is C14H26N4OS. The Kier molecular flexibility index (Phi) is 5.39. The molecule has 0 aromatic carbocycles. The van der Waals surface area contributed by atoms with Gasteiger partial charge in [0.2, 0.25) is 0 Å². The summed E-state index contributed by atoms with van der Waals surface area (Å²) in [5.41, 5.74) is 5.78. The highest BCUT2D eigenvalue weighted by Gasteiger charge is 2.23. The van der Waals surface area contributed by atoms with Crippen molar-refractivity contribution >= 4 is 28.2 Å². The molecule has 1 aromatic heterocycles. The zero-order valence-corrected chi connectivity index (χ0v) is 14.1. The summed E-state index contributed by atoms with van der Waals surface area (Å²) in [6.07, 6.45) is 2.03. The van der Waals surface area contributed by atoms with Gasteiger partial charge in [-0.05, 0) is 34.1 Å². The average Bonchev–Trinajstić information content (AvgIpc) is 2.66. The minimum absolute atomic E-state index is 0.0529. The Hall–Kier alpha value is -1.30. The van der Waals surface area contributed by atoms with E-state index in [0.29, 0.717) is 15.8 Å². The molecule has 20 heavy (non-hydrogen) atoms. The number of hydrogen-bond acceptors (Lipinski definition) is 5. The molecule has 0 aliphatic carbocycles. The molecule has 3 N–H and O–H groups in total. The Labute approximate surface area is 125 Å². The van der Waals surface area contributed by atoms with Gasteiger partial charge in [-0.3, -0.25) is 4.79 Å². The number of carbonyl (C=O) groups is 1. The molecule has 0 saturated carbocycles. The van der Waals surface area contributed by atoms with Crippen molar-refractivity contribution in [3.8, 4) is 0 Å². The van der Waals surface area contributed by atoms with Crippen molar-refractivity contribution < 1.29 is 4.79 Å². The monoisotopic (exact) mass is 298 g/mol. The van der Waals surface area contributed by atoms with E-state index in [-0.39, 0.29) is 17.5 Å². The van der Waals surface area contributed by atoms with Gasteiger partial charge in [0, 0.05) is 18.6 Å². The number of nitrogens with two attached hydrogens (primary N) is 1. The predicted molar refractivity (Wildman–Crippen MR) is 86.4 cm³/mol. The zero-order chi connectivity index (χ0) is 15.5. The van der Waals surface area contributed by atoms with Crippen LogP contribution in [0.25, 0.3) is 0 Å². The van der Waals surface area contributed by atoms with Crippen LogP contribution in [-0.4, -0.2) is 34.4 Å². The number of aromatic nitrogens is 1. The Morgan fingerprint density at radius 2 is 2.10 bits per heavy atom. The number of anilines is 2. The lowest BCUT2D eigenvalue weighted by Gasteiger charge is -2.24. The summed E-state index contributed by atoms with van der Waals surface area (Å²) < 4.78 is 0. The van der Waals surface area contributed by atoms with Crippen molar-refractivity contribution in [3.63, 3.8) is 0 Å². The lowest BCUT2D eigenvalue weighted by Crippen LogP contribution is -2.34. The van der Waals surface area contributed by atoms with Crippen LogP contribution in [0.2, 0.25) is 0 Å². The molecule has 0 bridgehead atoms. The Morgan fingerprint density at radius 1 is 1.50 bits per heavy atom. The van der Waals surface area contributed by atoms with Gasteiger partial charge >= 0.3 is 0 Å². The molecule has 1 aromatic rings. The van der Waals surface area contributed by atoms with Gasteiger partial charge in [-0.1, -0.05) is 24.7 Å². The van der Waals surface area contributed by atoms with E-state index in [0.717, 1.165) is 12.8 Å². The molecule has 0 aliphatic heterocycles. The molecule has 6 heteroatoms. The molecule has 0 fully saturated rings. The first-order chi connectivity index (χ1) is 9.15. The van der Waals surface area contributed by atoms with Crippen LogP contribution in [0.1, 0.15) is 57.1 Å². The predicted octanol–water partition coefficient (Wildman–Crippen LogP) is 3.20. The van der Waals surface area contributed by atoms with E-state index in [9.17, 15) is 4.79 Å². The number of thiazole rings is 1. The fourth-order valence-electron chi connectivity index (χ4n) is 1.83. The van der Waals surface area contributed by atoms with Gasteiger partial charge in [-0.15, -0.1) is 0 Å². The van der Waals surface area contributed by atoms with Crippen molar-refractivity contribution in [2.45, 2.75) is 59.0 Å². The van der Waals surface area contributed by atoms with Gasteiger partial charge in [-0.25, -0.2) is 4.98 Å². The second-order valence-electron chi connectivity index (χ2n) is 6.16. The van der Waals surface area contributed by atoms with Gasteiger partial charge in [0.05, 0.1) is 0 Å². The molecule has 1 atom stereocenters. The molecule has 1 unspecified atom stereocenters. The first-order valence-electron chi connectivity index (χ1n) is 6.97. The lowest BCUT2D eigenvalue weighted by molar-refractivity contribution is 0.0742. The highest BCUT2D eigenvalue weighted by molar-refractivity contribution is 7.18. The third-order valence-corrected chi connectivity index (χ3v) is 3.99. The van der Waals surface area contributed by atoms with Crippen molar-refractivity contribution in [3.05, 3.63) is 4.88 Å². The number of carbonyl (C=O) groups excluding carboxylic acids is 1. The van der Waals surface area contributed by atoms with E-state index in [1.807, 2.05) is 34.7 Å². The highest BCUT2D eigenvalue weighted by Crippen LogP contribution is 2.28. The molecule has 1 amide bonds. The van der Waals surface area contributed by atoms with Gasteiger partial charge < -0.3 is 16.0 Å². The van der Waals surface area contributed by atoms with Crippen LogP contribution in [0.4, 0.5) is 10.9 Å². The Bertz CT molecular complexity index is 464. The van der Waals surface area contributed by atoms with Crippen LogP contribution in [0.3, 0.4) is 0 Å². The van der Waals surface area contributed by atoms with Crippen LogP contribution in [-0.2, 0) is 0 Å². The minimum atomic E-state index is -0.105. The first kappa shape index (κ1) is 16.8. The first-order valence-corrected chi connectivity index (χ1v) is 7.79. The quantitative estimate of drug-likeness (QED) is 0.875. The lowest BCUT2D eigenvalue weighted by atomic mass is 10.1. The maximum absolute atomic E-state index is 12.4. The van der Waals surface area contributed by atoms with Crippen LogP contribution in [0, 0.1) is 0 Å². The van der Waals surface area contributed by atoms with Crippen molar-refractivity contribution in [2.75, 3.05) is 18.1 Å². The Morgan fingerprint density at radius 3 is 2.60 bits per heavy atom. The summed E-state index contributed by atoms with van der Waals surface area (Å²) in [6.45, 7) is 10.3. The summed E-state index contributed by atoms with van der Waals surface area (Å²) in [5, 5.41) is 3.94. The van der Waals surface area contributed by atoms with Crippen LogP contribution in [0.5, 0.6) is 0 Å². The molecule has 0 aliphatic rings. The minimum Gasteiger partial charge on any atom is -0.382 e. The molecule has 0 radical (unpaired) electrons. The summed E-state index contributed by atoms with van der Waals surface area (Å²) in [4.78, 5) is 19.0.